The lowest BCUT2D eigenvalue weighted by Crippen LogP contribution is -2.17. The summed E-state index contributed by atoms with van der Waals surface area (Å²) in [5.74, 6) is -1.11. The van der Waals surface area contributed by atoms with Gasteiger partial charge in [-0.25, -0.2) is 0 Å². The Balaban J connectivity index is 2.37. The Kier molecular flexibility index (Phi) is 1.60. The van der Waals surface area contributed by atoms with E-state index in [1.54, 1.807) is 6.20 Å². The van der Waals surface area contributed by atoms with Gasteiger partial charge in [-0.15, -0.1) is 0 Å². The summed E-state index contributed by atoms with van der Waals surface area (Å²) >= 11 is 0. The van der Waals surface area contributed by atoms with Crippen molar-refractivity contribution in [1.82, 2.24) is 10.2 Å². The molecule has 0 amide bonds. The Labute approximate surface area is 69.6 Å². The van der Waals surface area contributed by atoms with Crippen LogP contribution < -0.4 is 0 Å². The molecule has 0 unspecified atom stereocenters. The number of nitrogens with zero attached hydrogens (tertiary/aromatic N) is 1. The van der Waals surface area contributed by atoms with Crippen LogP contribution in [0.2, 0.25) is 0 Å². The second kappa shape index (κ2) is 2.62. The Hall–Kier alpha value is -1.32. The van der Waals surface area contributed by atoms with Crippen LogP contribution in [0.15, 0.2) is 6.20 Å². The number of nitrogens with one attached hydrogen (secondary N) is 1. The van der Waals surface area contributed by atoms with Crippen molar-refractivity contribution in [3.63, 3.8) is 0 Å². The van der Waals surface area contributed by atoms with Crippen molar-refractivity contribution >= 4 is 5.97 Å². The van der Waals surface area contributed by atoms with Crippen LogP contribution in [0.5, 0.6) is 0 Å². The lowest BCUT2D eigenvalue weighted by molar-refractivity contribution is -0.139. The number of hydrogen-bond donors (Lipinski definition) is 2. The number of carboxylic acid groups (broad SMARTS) is 1. The molecule has 1 aromatic heterocycles. The van der Waals surface area contributed by atoms with Crippen molar-refractivity contribution < 1.29 is 9.90 Å². The Bertz CT molecular complexity index is 306. The highest BCUT2D eigenvalue weighted by Gasteiger charge is 2.27. The number of aromatic amines is 1. The van der Waals surface area contributed by atoms with Gasteiger partial charge in [0.1, 0.15) is 0 Å². The number of aryl methyl sites for hydroxylation is 1. The Morgan fingerprint density at radius 3 is 3.33 bits per heavy atom. The lowest BCUT2D eigenvalue weighted by Gasteiger charge is -2.17. The van der Waals surface area contributed by atoms with Crippen molar-refractivity contribution in [3.8, 4) is 0 Å². The average Bonchev–Trinajstić information content (AvgIpc) is 2.49. The molecule has 0 fully saturated rings. The average molecular weight is 166 g/mol. The molecule has 1 heterocycles. The van der Waals surface area contributed by atoms with Crippen molar-refractivity contribution in [1.29, 1.82) is 0 Å². The van der Waals surface area contributed by atoms with Gasteiger partial charge in [0.05, 0.1) is 17.8 Å². The molecule has 4 nitrogen and oxygen atoms in total. The quantitative estimate of drug-likeness (QED) is 0.651. The van der Waals surface area contributed by atoms with Crippen LogP contribution in [0.1, 0.15) is 30.0 Å². The standard InChI is InChI=1S/C8H10N2O2/c11-8(12)6-3-1-2-5-4-9-10-7(5)6/h4,6H,1-3H2,(H,9,10)(H,11,12)/t6-/m0/s1. The minimum Gasteiger partial charge on any atom is -0.481 e. The van der Waals surface area contributed by atoms with Crippen LogP contribution in [0, 0.1) is 0 Å². The molecule has 1 atom stereocenters. The number of fused-ring (bicyclic) bond motifs is 1. The first-order chi connectivity index (χ1) is 5.79. The number of aliphatic carboxylic acids is 1. The molecule has 0 bridgehead atoms. The number of hydrogen-bond acceptors (Lipinski definition) is 2. The summed E-state index contributed by atoms with van der Waals surface area (Å²) in [6.45, 7) is 0. The van der Waals surface area contributed by atoms with Crippen molar-refractivity contribution in [2.45, 2.75) is 25.2 Å². The van der Waals surface area contributed by atoms with Gasteiger partial charge in [-0.05, 0) is 24.8 Å². The predicted octanol–water partition coefficient (Wildman–Crippen LogP) is 0.914. The highest BCUT2D eigenvalue weighted by molar-refractivity contribution is 5.76. The van der Waals surface area contributed by atoms with E-state index in [-0.39, 0.29) is 5.92 Å². The van der Waals surface area contributed by atoms with E-state index < -0.39 is 5.97 Å². The zero-order chi connectivity index (χ0) is 8.55. The van der Waals surface area contributed by atoms with Gasteiger partial charge in [0.2, 0.25) is 0 Å². The van der Waals surface area contributed by atoms with Gasteiger partial charge in [0.15, 0.2) is 0 Å². The first kappa shape index (κ1) is 7.34. The predicted molar refractivity (Wildman–Crippen MR) is 41.9 cm³/mol. The number of carboxylic acids is 1. The minimum absolute atomic E-state index is 0.365. The molecular weight excluding hydrogens is 156 g/mol. The topological polar surface area (TPSA) is 66.0 Å². The van der Waals surface area contributed by atoms with E-state index >= 15 is 0 Å². The molecule has 0 aromatic carbocycles. The van der Waals surface area contributed by atoms with E-state index in [9.17, 15) is 4.79 Å². The maximum Gasteiger partial charge on any atom is 0.312 e. The van der Waals surface area contributed by atoms with E-state index in [0.717, 1.165) is 30.5 Å². The van der Waals surface area contributed by atoms with Crippen molar-refractivity contribution in [2.24, 2.45) is 0 Å². The van der Waals surface area contributed by atoms with Crippen LogP contribution in [0.3, 0.4) is 0 Å². The molecule has 0 aliphatic heterocycles. The van der Waals surface area contributed by atoms with E-state index in [4.69, 9.17) is 5.11 Å². The number of H-pyrrole nitrogens is 1. The fourth-order valence-corrected chi connectivity index (χ4v) is 1.71. The van der Waals surface area contributed by atoms with E-state index in [1.807, 2.05) is 0 Å². The highest BCUT2D eigenvalue weighted by Crippen LogP contribution is 2.29. The molecule has 1 aliphatic rings. The largest absolute Gasteiger partial charge is 0.481 e. The summed E-state index contributed by atoms with van der Waals surface area (Å²) in [5.41, 5.74) is 1.86. The fraction of sp³-hybridized carbons (Fsp3) is 0.500. The first-order valence-electron chi connectivity index (χ1n) is 4.04. The zero-order valence-electron chi connectivity index (χ0n) is 6.58. The van der Waals surface area contributed by atoms with Gasteiger partial charge in [0.25, 0.3) is 0 Å². The van der Waals surface area contributed by atoms with E-state index in [1.165, 1.54) is 0 Å². The monoisotopic (exact) mass is 166 g/mol. The first-order valence-corrected chi connectivity index (χ1v) is 4.04. The van der Waals surface area contributed by atoms with Gasteiger partial charge in [-0.3, -0.25) is 9.89 Å². The third kappa shape index (κ3) is 0.995. The third-order valence-corrected chi connectivity index (χ3v) is 2.34. The number of carbonyl (C=O) groups is 1. The molecule has 0 radical (unpaired) electrons. The lowest BCUT2D eigenvalue weighted by atomic mass is 9.88. The van der Waals surface area contributed by atoms with Crippen LogP contribution in [-0.4, -0.2) is 21.3 Å². The summed E-state index contributed by atoms with van der Waals surface area (Å²) in [6, 6.07) is 0. The summed E-state index contributed by atoms with van der Waals surface area (Å²) in [4.78, 5) is 10.8. The SMILES string of the molecule is O=C(O)[C@H]1CCCc2cn[nH]c21. The molecule has 2 N–H and O–H groups in total. The molecule has 64 valence electrons. The number of rotatable bonds is 1. The van der Waals surface area contributed by atoms with Crippen LogP contribution in [0.4, 0.5) is 0 Å². The Morgan fingerprint density at radius 1 is 1.75 bits per heavy atom. The third-order valence-electron chi connectivity index (χ3n) is 2.34. The van der Waals surface area contributed by atoms with Crippen molar-refractivity contribution in [3.05, 3.63) is 17.5 Å². The summed E-state index contributed by atoms with van der Waals surface area (Å²) < 4.78 is 0. The maximum atomic E-state index is 10.8. The van der Waals surface area contributed by atoms with Gasteiger partial charge in [-0.2, -0.15) is 5.10 Å². The summed E-state index contributed by atoms with van der Waals surface area (Å²) in [6.07, 6.45) is 4.36. The molecule has 1 aliphatic carbocycles. The van der Waals surface area contributed by atoms with Crippen LogP contribution in [-0.2, 0) is 11.2 Å². The fourth-order valence-electron chi connectivity index (χ4n) is 1.71. The molecule has 0 spiro atoms. The van der Waals surface area contributed by atoms with Gasteiger partial charge in [-0.1, -0.05) is 0 Å². The second-order valence-corrected chi connectivity index (χ2v) is 3.09. The summed E-state index contributed by atoms with van der Waals surface area (Å²) in [5, 5.41) is 15.5. The van der Waals surface area contributed by atoms with E-state index in [0.29, 0.717) is 0 Å². The Morgan fingerprint density at radius 2 is 2.58 bits per heavy atom. The summed E-state index contributed by atoms with van der Waals surface area (Å²) in [7, 11) is 0. The maximum absolute atomic E-state index is 10.8. The smallest absolute Gasteiger partial charge is 0.312 e. The number of aromatic nitrogens is 2. The molecule has 2 rings (SSSR count). The molecule has 12 heavy (non-hydrogen) atoms. The highest BCUT2D eigenvalue weighted by atomic mass is 16.4. The molecule has 0 saturated heterocycles. The minimum atomic E-state index is -0.750. The molecule has 4 heteroatoms. The normalized spacial score (nSPS) is 21.8. The van der Waals surface area contributed by atoms with Gasteiger partial charge in [0, 0.05) is 0 Å². The van der Waals surface area contributed by atoms with Gasteiger partial charge >= 0.3 is 5.97 Å². The molecule has 0 saturated carbocycles. The van der Waals surface area contributed by atoms with Crippen LogP contribution >= 0.6 is 0 Å². The van der Waals surface area contributed by atoms with Gasteiger partial charge < -0.3 is 5.11 Å². The second-order valence-electron chi connectivity index (χ2n) is 3.09. The zero-order valence-corrected chi connectivity index (χ0v) is 6.58. The van der Waals surface area contributed by atoms with E-state index in [2.05, 4.69) is 10.2 Å². The van der Waals surface area contributed by atoms with Crippen LogP contribution in [0.25, 0.3) is 0 Å². The van der Waals surface area contributed by atoms with Crippen molar-refractivity contribution in [2.75, 3.05) is 0 Å². The molecular formula is C8H10N2O2. The molecule has 1 aromatic rings.